The molecule has 24 heavy (non-hydrogen) atoms. The van der Waals surface area contributed by atoms with E-state index in [1.165, 1.54) is 0 Å². The van der Waals surface area contributed by atoms with Crippen LogP contribution in [0.2, 0.25) is 0 Å². The highest BCUT2D eigenvalue weighted by Gasteiger charge is 2.55. The van der Waals surface area contributed by atoms with Crippen LogP contribution in [0.15, 0.2) is 60.7 Å². The van der Waals surface area contributed by atoms with Crippen LogP contribution in [0, 0.1) is 5.92 Å². The topological polar surface area (TPSA) is 46.3 Å². The van der Waals surface area contributed by atoms with Crippen molar-refractivity contribution in [3.63, 3.8) is 0 Å². The summed E-state index contributed by atoms with van der Waals surface area (Å²) in [6, 6.07) is 20.6. The lowest BCUT2D eigenvalue weighted by Crippen LogP contribution is -2.43. The molecule has 2 N–H and O–H groups in total. The molecule has 0 aromatic heterocycles. The Morgan fingerprint density at radius 3 is 1.96 bits per heavy atom. The van der Waals surface area contributed by atoms with Crippen LogP contribution in [0.25, 0.3) is 0 Å². The van der Waals surface area contributed by atoms with E-state index in [9.17, 15) is 4.79 Å². The molecule has 2 aromatic rings. The van der Waals surface area contributed by atoms with Gasteiger partial charge >= 0.3 is 0 Å². The summed E-state index contributed by atoms with van der Waals surface area (Å²) in [5.74, 6) is 0.385. The van der Waals surface area contributed by atoms with E-state index in [2.05, 4.69) is 38.1 Å². The second kappa shape index (κ2) is 6.78. The standard InChI is InChI=1S/C21H26N2O/c1-16(2)23-15-19(13-14-22)21(20(23)24,17-9-5-3-6-10-17)18-11-7-4-8-12-18/h3-12,16,19H,13-15,22H2,1-2H3/t19-/m0/s1. The maximum atomic E-state index is 13.6. The average Bonchev–Trinajstić information content (AvgIpc) is 2.90. The minimum atomic E-state index is -0.633. The van der Waals surface area contributed by atoms with E-state index in [4.69, 9.17) is 5.73 Å². The second-order valence-electron chi connectivity index (χ2n) is 6.87. The van der Waals surface area contributed by atoms with Crippen LogP contribution in [0.1, 0.15) is 31.4 Å². The molecule has 0 saturated carbocycles. The average molecular weight is 322 g/mol. The largest absolute Gasteiger partial charge is 0.339 e. The number of benzene rings is 2. The molecule has 0 radical (unpaired) electrons. The summed E-state index contributed by atoms with van der Waals surface area (Å²) >= 11 is 0. The van der Waals surface area contributed by atoms with Crippen molar-refractivity contribution in [1.29, 1.82) is 0 Å². The number of nitrogens with zero attached hydrogens (tertiary/aromatic N) is 1. The normalized spacial score (nSPS) is 19.9. The molecule has 0 unspecified atom stereocenters. The summed E-state index contributed by atoms with van der Waals surface area (Å²) in [6.07, 6.45) is 0.832. The van der Waals surface area contributed by atoms with Crippen LogP contribution < -0.4 is 5.73 Å². The van der Waals surface area contributed by atoms with Gasteiger partial charge in [0.15, 0.2) is 0 Å². The predicted molar refractivity (Wildman–Crippen MR) is 97.7 cm³/mol. The van der Waals surface area contributed by atoms with E-state index in [1.807, 2.05) is 41.3 Å². The first-order valence-electron chi connectivity index (χ1n) is 8.74. The number of nitrogens with two attached hydrogens (primary N) is 1. The molecule has 0 aliphatic carbocycles. The Labute approximate surface area is 144 Å². The molecule has 0 spiro atoms. The fourth-order valence-electron chi connectivity index (χ4n) is 4.10. The zero-order valence-corrected chi connectivity index (χ0v) is 14.5. The van der Waals surface area contributed by atoms with E-state index in [1.54, 1.807) is 0 Å². The van der Waals surface area contributed by atoms with Crippen molar-refractivity contribution in [2.75, 3.05) is 13.1 Å². The molecular weight excluding hydrogens is 296 g/mol. The first-order chi connectivity index (χ1) is 11.6. The highest BCUT2D eigenvalue weighted by molar-refractivity contribution is 5.95. The molecule has 3 rings (SSSR count). The molecule has 3 nitrogen and oxygen atoms in total. The molecule has 126 valence electrons. The van der Waals surface area contributed by atoms with Crippen molar-refractivity contribution in [2.45, 2.75) is 31.7 Å². The molecule has 1 amide bonds. The Morgan fingerprint density at radius 1 is 1.04 bits per heavy atom. The van der Waals surface area contributed by atoms with Gasteiger partial charge in [-0.25, -0.2) is 0 Å². The number of likely N-dealkylation sites (tertiary alicyclic amines) is 1. The molecule has 1 saturated heterocycles. The Balaban J connectivity index is 2.24. The van der Waals surface area contributed by atoms with E-state index >= 15 is 0 Å². The van der Waals surface area contributed by atoms with Crippen LogP contribution >= 0.6 is 0 Å². The van der Waals surface area contributed by atoms with Crippen LogP contribution in [0.5, 0.6) is 0 Å². The fourth-order valence-corrected chi connectivity index (χ4v) is 4.10. The van der Waals surface area contributed by atoms with Crippen LogP contribution in [-0.2, 0) is 10.2 Å². The first-order valence-corrected chi connectivity index (χ1v) is 8.74. The highest BCUT2D eigenvalue weighted by atomic mass is 16.2. The van der Waals surface area contributed by atoms with Crippen LogP contribution in [0.4, 0.5) is 0 Å². The van der Waals surface area contributed by atoms with Gasteiger partial charge in [-0.2, -0.15) is 0 Å². The zero-order valence-electron chi connectivity index (χ0n) is 14.5. The maximum Gasteiger partial charge on any atom is 0.238 e. The van der Waals surface area contributed by atoms with Gasteiger partial charge in [0.2, 0.25) is 5.91 Å². The summed E-state index contributed by atoms with van der Waals surface area (Å²) < 4.78 is 0. The van der Waals surface area contributed by atoms with Gasteiger partial charge in [0.05, 0.1) is 0 Å². The van der Waals surface area contributed by atoms with Crippen molar-refractivity contribution in [1.82, 2.24) is 4.90 Å². The van der Waals surface area contributed by atoms with Gasteiger partial charge in [-0.15, -0.1) is 0 Å². The quantitative estimate of drug-likeness (QED) is 0.919. The number of carbonyl (C=O) groups excluding carboxylic acids is 1. The summed E-state index contributed by atoms with van der Waals surface area (Å²) in [6.45, 7) is 5.52. The predicted octanol–water partition coefficient (Wildman–Crippen LogP) is 3.19. The number of hydrogen-bond acceptors (Lipinski definition) is 2. The molecule has 3 heteroatoms. The highest BCUT2D eigenvalue weighted by Crippen LogP contribution is 2.47. The molecule has 2 aromatic carbocycles. The lowest BCUT2D eigenvalue weighted by atomic mass is 9.66. The number of amides is 1. The van der Waals surface area contributed by atoms with Crippen molar-refractivity contribution >= 4 is 5.91 Å². The third-order valence-corrected chi connectivity index (χ3v) is 5.22. The second-order valence-corrected chi connectivity index (χ2v) is 6.87. The van der Waals surface area contributed by atoms with E-state index in [-0.39, 0.29) is 17.9 Å². The number of rotatable bonds is 5. The molecular formula is C21H26N2O. The van der Waals surface area contributed by atoms with E-state index in [0.717, 1.165) is 24.1 Å². The molecule has 1 aliphatic rings. The number of carbonyl (C=O) groups is 1. The minimum absolute atomic E-state index is 0.183. The Hall–Kier alpha value is -2.13. The van der Waals surface area contributed by atoms with Gasteiger partial charge in [0.1, 0.15) is 5.41 Å². The van der Waals surface area contributed by atoms with E-state index in [0.29, 0.717) is 6.54 Å². The van der Waals surface area contributed by atoms with Crippen LogP contribution in [0.3, 0.4) is 0 Å². The lowest BCUT2D eigenvalue weighted by molar-refractivity contribution is -0.132. The van der Waals surface area contributed by atoms with Gasteiger partial charge in [0, 0.05) is 18.5 Å². The lowest BCUT2D eigenvalue weighted by Gasteiger charge is -2.34. The summed E-state index contributed by atoms with van der Waals surface area (Å²) in [7, 11) is 0. The first kappa shape index (κ1) is 16.7. The Kier molecular flexibility index (Phi) is 4.72. The molecule has 1 heterocycles. The van der Waals surface area contributed by atoms with Crippen molar-refractivity contribution in [3.8, 4) is 0 Å². The van der Waals surface area contributed by atoms with Crippen molar-refractivity contribution in [2.24, 2.45) is 11.7 Å². The minimum Gasteiger partial charge on any atom is -0.339 e. The van der Waals surface area contributed by atoms with Crippen molar-refractivity contribution in [3.05, 3.63) is 71.8 Å². The molecule has 1 aliphatic heterocycles. The molecule has 1 fully saturated rings. The third-order valence-electron chi connectivity index (χ3n) is 5.22. The smallest absolute Gasteiger partial charge is 0.238 e. The fraction of sp³-hybridized carbons (Fsp3) is 0.381. The van der Waals surface area contributed by atoms with Gasteiger partial charge < -0.3 is 10.6 Å². The van der Waals surface area contributed by atoms with Gasteiger partial charge in [-0.1, -0.05) is 60.7 Å². The number of hydrogen-bond donors (Lipinski definition) is 1. The Bertz CT molecular complexity index is 642. The van der Waals surface area contributed by atoms with Gasteiger partial charge in [-0.05, 0) is 37.9 Å². The Morgan fingerprint density at radius 2 is 1.54 bits per heavy atom. The summed E-state index contributed by atoms with van der Waals surface area (Å²) in [4.78, 5) is 15.7. The van der Waals surface area contributed by atoms with E-state index < -0.39 is 5.41 Å². The summed E-state index contributed by atoms with van der Waals surface area (Å²) in [5, 5.41) is 0. The molecule has 1 atom stereocenters. The molecule has 0 bridgehead atoms. The zero-order chi connectivity index (χ0) is 17.2. The summed E-state index contributed by atoms with van der Waals surface area (Å²) in [5.41, 5.74) is 7.43. The van der Waals surface area contributed by atoms with Crippen molar-refractivity contribution < 1.29 is 4.79 Å². The maximum absolute atomic E-state index is 13.6. The third kappa shape index (κ3) is 2.53. The van der Waals surface area contributed by atoms with Gasteiger partial charge in [0.25, 0.3) is 0 Å². The monoisotopic (exact) mass is 322 g/mol. The van der Waals surface area contributed by atoms with Crippen LogP contribution in [-0.4, -0.2) is 29.9 Å². The van der Waals surface area contributed by atoms with Gasteiger partial charge in [-0.3, -0.25) is 4.79 Å². The SMILES string of the molecule is CC(C)N1C[C@H](CCN)C(c2ccccc2)(c2ccccc2)C1=O.